The maximum Gasteiger partial charge on any atom is 0.516 e. The molecule has 1 atom stereocenters. The molecule has 1 unspecified atom stereocenters. The summed E-state index contributed by atoms with van der Waals surface area (Å²) < 4.78 is 63.8. The zero-order valence-electron chi connectivity index (χ0n) is 15.8. The molecule has 0 saturated heterocycles. The van der Waals surface area contributed by atoms with Crippen molar-refractivity contribution in [3.63, 3.8) is 0 Å². The number of aryl methyl sites for hydroxylation is 1. The molecule has 0 spiro atoms. The van der Waals surface area contributed by atoms with Gasteiger partial charge in [-0.1, -0.05) is 11.3 Å². The lowest BCUT2D eigenvalue weighted by molar-refractivity contribution is -0.0429. The van der Waals surface area contributed by atoms with E-state index in [0.29, 0.717) is 12.1 Å². The van der Waals surface area contributed by atoms with E-state index in [0.717, 1.165) is 23.3 Å². The summed E-state index contributed by atoms with van der Waals surface area (Å²) in [6, 6.07) is 3.19. The average Bonchev–Trinajstić information content (AvgIpc) is 3.11. The summed E-state index contributed by atoms with van der Waals surface area (Å²) in [7, 11) is -5.62. The van der Waals surface area contributed by atoms with Crippen molar-refractivity contribution in [2.75, 3.05) is 9.62 Å². The van der Waals surface area contributed by atoms with Crippen molar-refractivity contribution in [1.82, 2.24) is 10.2 Å². The van der Waals surface area contributed by atoms with Crippen molar-refractivity contribution in [3.05, 3.63) is 23.2 Å². The van der Waals surface area contributed by atoms with Crippen LogP contribution in [0.25, 0.3) is 0 Å². The number of rotatable bonds is 5. The van der Waals surface area contributed by atoms with Crippen molar-refractivity contribution < 1.29 is 21.6 Å². The van der Waals surface area contributed by atoms with Crippen LogP contribution in [-0.4, -0.2) is 36.2 Å². The van der Waals surface area contributed by atoms with E-state index in [2.05, 4.69) is 25.3 Å². The Labute approximate surface area is 169 Å². The molecule has 0 saturated carbocycles. The van der Waals surface area contributed by atoms with Gasteiger partial charge in [-0.15, -0.1) is 20.4 Å². The molecule has 8 nitrogen and oxygen atoms in total. The number of sulfonamides is 1. The molecule has 1 aliphatic heterocycles. The van der Waals surface area contributed by atoms with Gasteiger partial charge < -0.3 is 4.90 Å². The largest absolute Gasteiger partial charge is 0.516 e. The van der Waals surface area contributed by atoms with E-state index in [9.17, 15) is 21.6 Å². The number of azo groups is 1. The van der Waals surface area contributed by atoms with Gasteiger partial charge in [-0.25, -0.2) is 0 Å². The molecule has 0 radical (unpaired) electrons. The summed E-state index contributed by atoms with van der Waals surface area (Å²) in [6.07, 6.45) is 1.54. The van der Waals surface area contributed by atoms with E-state index >= 15 is 0 Å². The third-order valence-electron chi connectivity index (χ3n) is 4.48. The Bertz CT molecular complexity index is 1010. The molecule has 0 bridgehead atoms. The molecule has 158 valence electrons. The van der Waals surface area contributed by atoms with Crippen LogP contribution in [0.5, 0.6) is 0 Å². The first-order valence-corrected chi connectivity index (χ1v) is 11.1. The van der Waals surface area contributed by atoms with Gasteiger partial charge >= 0.3 is 15.5 Å². The smallest absolute Gasteiger partial charge is 0.366 e. The molecule has 1 N–H and O–H groups in total. The number of fused-ring (bicyclic) bond motifs is 1. The molecule has 0 aliphatic carbocycles. The number of hydrogen-bond donors (Lipinski definition) is 1. The van der Waals surface area contributed by atoms with E-state index in [1.807, 2.05) is 20.8 Å². The lowest BCUT2D eigenvalue weighted by Crippen LogP contribution is -2.42. The molecular formula is C16H19F3N6O2S2. The molecule has 0 fully saturated rings. The second-order valence-electron chi connectivity index (χ2n) is 6.86. The molecule has 29 heavy (non-hydrogen) atoms. The summed E-state index contributed by atoms with van der Waals surface area (Å²) >= 11 is 1.09. The third-order valence-corrected chi connectivity index (χ3v) is 6.15. The van der Waals surface area contributed by atoms with Gasteiger partial charge in [0.25, 0.3) is 5.13 Å². The van der Waals surface area contributed by atoms with Gasteiger partial charge in [-0.3, -0.25) is 4.72 Å². The van der Waals surface area contributed by atoms with Crippen LogP contribution in [0.1, 0.15) is 32.8 Å². The highest BCUT2D eigenvalue weighted by Gasteiger charge is 2.46. The Kier molecular flexibility index (Phi) is 5.81. The van der Waals surface area contributed by atoms with Crippen molar-refractivity contribution in [2.45, 2.75) is 51.2 Å². The molecular weight excluding hydrogens is 429 g/mol. The van der Waals surface area contributed by atoms with E-state index in [-0.39, 0.29) is 28.6 Å². The number of alkyl halides is 3. The Morgan fingerprint density at radius 1 is 1.31 bits per heavy atom. The Morgan fingerprint density at radius 2 is 2.03 bits per heavy atom. The number of nitrogens with one attached hydrogen (secondary N) is 1. The lowest BCUT2D eigenvalue weighted by atomic mass is 9.94. The van der Waals surface area contributed by atoms with E-state index in [1.165, 1.54) is 11.6 Å². The first-order valence-electron chi connectivity index (χ1n) is 8.72. The highest BCUT2D eigenvalue weighted by molar-refractivity contribution is 7.93. The minimum atomic E-state index is -5.62. The Morgan fingerprint density at radius 3 is 2.62 bits per heavy atom. The Hall–Kier alpha value is -2.28. The number of nitrogens with zero attached hydrogens (tertiary/aromatic N) is 5. The standard InChI is InChI=1S/C16H19F3N6O2S2/c1-9(2)25-10(3)4-5-11-6-12(21-23-15-22-20-8-28-15)13(7-14(11)25)24-29(26,27)16(17,18)19/h6-10,24H,4-5H2,1-3H3. The molecule has 1 aliphatic rings. The highest BCUT2D eigenvalue weighted by atomic mass is 32.2. The fourth-order valence-corrected chi connectivity index (χ4v) is 4.20. The van der Waals surface area contributed by atoms with Gasteiger partial charge in [0.2, 0.25) is 0 Å². The predicted molar refractivity (Wildman–Crippen MR) is 105 cm³/mol. The van der Waals surface area contributed by atoms with Crippen LogP contribution in [-0.2, 0) is 16.4 Å². The van der Waals surface area contributed by atoms with Crippen molar-refractivity contribution >= 4 is 43.6 Å². The summed E-state index contributed by atoms with van der Waals surface area (Å²) in [5.74, 6) is 0. The molecule has 1 aromatic carbocycles. The number of halogens is 3. The molecule has 13 heteroatoms. The summed E-state index contributed by atoms with van der Waals surface area (Å²) in [4.78, 5) is 2.05. The zero-order chi connectivity index (χ0) is 21.4. The second-order valence-corrected chi connectivity index (χ2v) is 9.34. The SMILES string of the molecule is CC(C)N1c2cc(NS(=O)(=O)C(F)(F)F)c(N=Nc3nncs3)cc2CCC1C. The number of hydrogen-bond acceptors (Lipinski definition) is 8. The van der Waals surface area contributed by atoms with Crippen LogP contribution < -0.4 is 9.62 Å². The molecule has 2 aromatic rings. The predicted octanol–water partition coefficient (Wildman–Crippen LogP) is 4.76. The first kappa shape index (κ1) is 21.4. The van der Waals surface area contributed by atoms with Crippen LogP contribution in [0.15, 0.2) is 27.9 Å². The van der Waals surface area contributed by atoms with Crippen molar-refractivity contribution in [1.29, 1.82) is 0 Å². The number of anilines is 2. The van der Waals surface area contributed by atoms with Gasteiger partial charge in [0.05, 0.1) is 5.69 Å². The van der Waals surface area contributed by atoms with Crippen LogP contribution in [0, 0.1) is 0 Å². The van der Waals surface area contributed by atoms with Crippen molar-refractivity contribution in [3.8, 4) is 0 Å². The third kappa shape index (κ3) is 4.50. The van der Waals surface area contributed by atoms with Gasteiger partial charge in [0, 0.05) is 17.8 Å². The monoisotopic (exact) mass is 448 g/mol. The number of aromatic nitrogens is 2. The first-order chi connectivity index (χ1) is 13.5. The fraction of sp³-hybridized carbons (Fsp3) is 0.500. The molecule has 2 heterocycles. The van der Waals surface area contributed by atoms with Gasteiger partial charge in [-0.2, -0.15) is 21.6 Å². The molecule has 3 rings (SSSR count). The van der Waals surface area contributed by atoms with E-state index in [1.54, 1.807) is 10.8 Å². The minimum absolute atomic E-state index is 0.0231. The summed E-state index contributed by atoms with van der Waals surface area (Å²) in [5.41, 5.74) is -2.82. The molecule has 0 amide bonds. The van der Waals surface area contributed by atoms with Crippen LogP contribution in [0.3, 0.4) is 0 Å². The minimum Gasteiger partial charge on any atom is -0.366 e. The summed E-state index contributed by atoms with van der Waals surface area (Å²) in [6.45, 7) is 5.95. The maximum absolute atomic E-state index is 12.9. The highest BCUT2D eigenvalue weighted by Crippen LogP contribution is 2.41. The Balaban J connectivity index is 2.12. The molecule has 1 aromatic heterocycles. The topological polar surface area (TPSA) is 99.9 Å². The van der Waals surface area contributed by atoms with Gasteiger partial charge in [0.15, 0.2) is 0 Å². The van der Waals surface area contributed by atoms with Crippen LogP contribution >= 0.6 is 11.3 Å². The second kappa shape index (κ2) is 7.86. The van der Waals surface area contributed by atoms with Crippen LogP contribution in [0.2, 0.25) is 0 Å². The van der Waals surface area contributed by atoms with E-state index in [4.69, 9.17) is 0 Å². The van der Waals surface area contributed by atoms with E-state index < -0.39 is 15.5 Å². The fourth-order valence-electron chi connectivity index (χ4n) is 3.26. The normalized spacial score (nSPS) is 17.8. The van der Waals surface area contributed by atoms with Crippen molar-refractivity contribution in [2.24, 2.45) is 10.2 Å². The average molecular weight is 448 g/mol. The van der Waals surface area contributed by atoms with Gasteiger partial charge in [-0.05, 0) is 51.3 Å². The quantitative estimate of drug-likeness (QED) is 0.665. The number of benzene rings is 1. The lowest BCUT2D eigenvalue weighted by Gasteiger charge is -2.40. The van der Waals surface area contributed by atoms with Gasteiger partial charge in [0.1, 0.15) is 11.2 Å². The summed E-state index contributed by atoms with van der Waals surface area (Å²) in [5, 5.41) is 15.3. The van der Waals surface area contributed by atoms with Crippen LogP contribution in [0.4, 0.5) is 35.4 Å². The maximum atomic E-state index is 12.9. The zero-order valence-corrected chi connectivity index (χ0v) is 17.4.